The summed E-state index contributed by atoms with van der Waals surface area (Å²) in [5.41, 5.74) is -0.355. The highest BCUT2D eigenvalue weighted by Crippen LogP contribution is 2.37. The molecular weight excluding hydrogens is 228 g/mol. The summed E-state index contributed by atoms with van der Waals surface area (Å²) in [6, 6.07) is 0. The molecule has 2 unspecified atom stereocenters. The number of unbranched alkanes of at least 4 members (excludes halogenated alkanes) is 6. The van der Waals surface area contributed by atoms with Crippen LogP contribution in [-0.2, 0) is 0 Å². The zero-order chi connectivity index (χ0) is 12.6. The molecule has 1 rings (SSSR count). The number of rotatable bonds is 8. The maximum Gasteiger partial charge on any atom is 0.0763 e. The minimum absolute atomic E-state index is 0.355. The molecule has 2 heteroatoms. The smallest absolute Gasteiger partial charge is 0.0763 e. The molecule has 1 N–H and O–H groups in total. The molecule has 1 heterocycles. The van der Waals surface area contributed by atoms with Crippen LogP contribution in [-0.4, -0.2) is 21.7 Å². The molecule has 0 saturated carbocycles. The van der Waals surface area contributed by atoms with Crippen molar-refractivity contribution >= 4 is 11.8 Å². The predicted octanol–water partition coefficient (Wildman–Crippen LogP) is 4.77. The first-order chi connectivity index (χ1) is 8.19. The summed E-state index contributed by atoms with van der Waals surface area (Å²) < 4.78 is 0. The number of hydrogen-bond acceptors (Lipinski definition) is 2. The molecular formula is C15H30OS. The normalized spacial score (nSPS) is 29.5. The summed E-state index contributed by atoms with van der Waals surface area (Å²) in [6.45, 7) is 4.46. The summed E-state index contributed by atoms with van der Waals surface area (Å²) >= 11 is 1.95. The molecule has 0 aromatic rings. The zero-order valence-electron chi connectivity index (χ0n) is 11.7. The van der Waals surface area contributed by atoms with Crippen molar-refractivity contribution in [2.24, 2.45) is 0 Å². The third-order valence-electron chi connectivity index (χ3n) is 4.09. The van der Waals surface area contributed by atoms with Crippen molar-refractivity contribution in [2.45, 2.75) is 88.9 Å². The largest absolute Gasteiger partial charge is 0.389 e. The first-order valence-corrected chi connectivity index (χ1v) is 8.58. The molecule has 1 nitrogen and oxygen atoms in total. The van der Waals surface area contributed by atoms with Gasteiger partial charge in [-0.25, -0.2) is 0 Å². The Morgan fingerprint density at radius 2 is 1.76 bits per heavy atom. The van der Waals surface area contributed by atoms with Gasteiger partial charge >= 0.3 is 0 Å². The second-order valence-electron chi connectivity index (χ2n) is 5.59. The Morgan fingerprint density at radius 3 is 2.41 bits per heavy atom. The summed E-state index contributed by atoms with van der Waals surface area (Å²) in [4.78, 5) is 0. The monoisotopic (exact) mass is 258 g/mol. The van der Waals surface area contributed by atoms with Gasteiger partial charge in [0.05, 0.1) is 5.60 Å². The van der Waals surface area contributed by atoms with Gasteiger partial charge in [-0.2, -0.15) is 11.8 Å². The molecule has 0 aliphatic carbocycles. The number of thioether (sulfide) groups is 1. The Bertz CT molecular complexity index is 195. The second-order valence-corrected chi connectivity index (χ2v) is 7.04. The van der Waals surface area contributed by atoms with Gasteiger partial charge in [0.1, 0.15) is 0 Å². The van der Waals surface area contributed by atoms with Crippen LogP contribution in [0.3, 0.4) is 0 Å². The van der Waals surface area contributed by atoms with E-state index < -0.39 is 0 Å². The number of hydrogen-bond donors (Lipinski definition) is 1. The van der Waals surface area contributed by atoms with E-state index in [0.717, 1.165) is 12.8 Å². The molecule has 0 amide bonds. The zero-order valence-corrected chi connectivity index (χ0v) is 12.5. The van der Waals surface area contributed by atoms with Crippen LogP contribution in [0.2, 0.25) is 0 Å². The molecule has 0 radical (unpaired) electrons. The first-order valence-electron chi connectivity index (χ1n) is 7.53. The summed E-state index contributed by atoms with van der Waals surface area (Å²) in [7, 11) is 0. The Morgan fingerprint density at radius 1 is 1.12 bits per heavy atom. The minimum Gasteiger partial charge on any atom is -0.389 e. The highest BCUT2D eigenvalue weighted by atomic mass is 32.2. The lowest BCUT2D eigenvalue weighted by Gasteiger charge is -2.37. The molecule has 1 aliphatic rings. The lowest BCUT2D eigenvalue weighted by atomic mass is 9.88. The van der Waals surface area contributed by atoms with E-state index in [2.05, 4.69) is 13.8 Å². The van der Waals surface area contributed by atoms with Crippen LogP contribution in [0.1, 0.15) is 78.1 Å². The predicted molar refractivity (Wildman–Crippen MR) is 78.7 cm³/mol. The summed E-state index contributed by atoms with van der Waals surface area (Å²) in [5.74, 6) is 1.24. The van der Waals surface area contributed by atoms with Crippen LogP contribution in [0.4, 0.5) is 0 Å². The third kappa shape index (κ3) is 5.65. The lowest BCUT2D eigenvalue weighted by molar-refractivity contribution is 0.0184. The number of aliphatic hydroxyl groups is 1. The molecule has 17 heavy (non-hydrogen) atoms. The van der Waals surface area contributed by atoms with Gasteiger partial charge < -0.3 is 5.11 Å². The van der Waals surface area contributed by atoms with E-state index in [1.807, 2.05) is 11.8 Å². The maximum absolute atomic E-state index is 10.6. The first kappa shape index (κ1) is 15.4. The Kier molecular flexibility index (Phi) is 7.61. The van der Waals surface area contributed by atoms with Crippen LogP contribution >= 0.6 is 11.8 Å². The molecule has 1 saturated heterocycles. The van der Waals surface area contributed by atoms with E-state index in [1.165, 1.54) is 57.1 Å². The van der Waals surface area contributed by atoms with Crippen LogP contribution in [0.25, 0.3) is 0 Å². The SMILES string of the molecule is CCCCCCCCCC1(O)CCCSC1C. The molecule has 102 valence electrons. The van der Waals surface area contributed by atoms with E-state index in [9.17, 15) is 5.11 Å². The van der Waals surface area contributed by atoms with Gasteiger partial charge in [0.2, 0.25) is 0 Å². The van der Waals surface area contributed by atoms with Crippen LogP contribution < -0.4 is 0 Å². The fraction of sp³-hybridized carbons (Fsp3) is 1.00. The maximum atomic E-state index is 10.6. The van der Waals surface area contributed by atoms with Gasteiger partial charge in [-0.15, -0.1) is 0 Å². The molecule has 0 bridgehead atoms. The Hall–Kier alpha value is 0.310. The fourth-order valence-corrected chi connectivity index (χ4v) is 3.92. The van der Waals surface area contributed by atoms with Gasteiger partial charge in [0, 0.05) is 5.25 Å². The van der Waals surface area contributed by atoms with Crippen LogP contribution in [0, 0.1) is 0 Å². The fourth-order valence-electron chi connectivity index (χ4n) is 2.71. The van der Waals surface area contributed by atoms with Gasteiger partial charge in [0.25, 0.3) is 0 Å². The highest BCUT2D eigenvalue weighted by molar-refractivity contribution is 8.00. The van der Waals surface area contributed by atoms with Gasteiger partial charge in [-0.3, -0.25) is 0 Å². The van der Waals surface area contributed by atoms with Crippen molar-refractivity contribution in [3.63, 3.8) is 0 Å². The van der Waals surface area contributed by atoms with E-state index in [1.54, 1.807) is 0 Å². The average Bonchev–Trinajstić information content (AvgIpc) is 2.32. The van der Waals surface area contributed by atoms with Gasteiger partial charge in [0.15, 0.2) is 0 Å². The average molecular weight is 258 g/mol. The van der Waals surface area contributed by atoms with Crippen molar-refractivity contribution in [3.05, 3.63) is 0 Å². The standard InChI is InChI=1S/C15H30OS/c1-3-4-5-6-7-8-9-11-15(16)12-10-13-17-14(15)2/h14,16H,3-13H2,1-2H3. The van der Waals surface area contributed by atoms with Gasteiger partial charge in [-0.05, 0) is 25.0 Å². The highest BCUT2D eigenvalue weighted by Gasteiger charge is 2.35. The molecule has 0 aromatic heterocycles. The second kappa shape index (κ2) is 8.42. The lowest BCUT2D eigenvalue weighted by Crippen LogP contribution is -2.41. The Balaban J connectivity index is 2.04. The molecule has 2 atom stereocenters. The van der Waals surface area contributed by atoms with Crippen molar-refractivity contribution in [3.8, 4) is 0 Å². The van der Waals surface area contributed by atoms with Crippen LogP contribution in [0.15, 0.2) is 0 Å². The van der Waals surface area contributed by atoms with E-state index in [0.29, 0.717) is 5.25 Å². The summed E-state index contributed by atoms with van der Waals surface area (Å²) in [5, 5.41) is 11.0. The van der Waals surface area contributed by atoms with Crippen LogP contribution in [0.5, 0.6) is 0 Å². The molecule has 0 aromatic carbocycles. The van der Waals surface area contributed by atoms with Crippen molar-refractivity contribution < 1.29 is 5.11 Å². The van der Waals surface area contributed by atoms with E-state index >= 15 is 0 Å². The quantitative estimate of drug-likeness (QED) is 0.633. The van der Waals surface area contributed by atoms with Gasteiger partial charge in [-0.1, -0.05) is 58.8 Å². The van der Waals surface area contributed by atoms with E-state index in [-0.39, 0.29) is 5.60 Å². The molecule has 1 aliphatic heterocycles. The molecule has 0 spiro atoms. The van der Waals surface area contributed by atoms with Crippen molar-refractivity contribution in [1.82, 2.24) is 0 Å². The topological polar surface area (TPSA) is 20.2 Å². The minimum atomic E-state index is -0.355. The van der Waals surface area contributed by atoms with Crippen molar-refractivity contribution in [1.29, 1.82) is 0 Å². The summed E-state index contributed by atoms with van der Waals surface area (Å²) in [6.07, 6.45) is 12.6. The molecule has 1 fully saturated rings. The Labute approximate surface area is 112 Å². The third-order valence-corrected chi connectivity index (χ3v) is 5.55. The van der Waals surface area contributed by atoms with Crippen molar-refractivity contribution in [2.75, 3.05) is 5.75 Å². The van der Waals surface area contributed by atoms with E-state index in [4.69, 9.17) is 0 Å².